The maximum atomic E-state index is 13.9. The van der Waals surface area contributed by atoms with E-state index in [4.69, 9.17) is 17.3 Å². The molecule has 0 saturated heterocycles. The maximum absolute atomic E-state index is 13.9. The molecule has 0 radical (unpaired) electrons. The highest BCUT2D eigenvalue weighted by atomic mass is 79.9. The molecule has 0 aliphatic carbocycles. The zero-order chi connectivity index (χ0) is 15.5. The van der Waals surface area contributed by atoms with Crippen molar-refractivity contribution in [3.8, 4) is 0 Å². The van der Waals surface area contributed by atoms with Crippen LogP contribution in [0.25, 0.3) is 0 Å². The first-order valence-corrected chi connectivity index (χ1v) is 9.77. The minimum atomic E-state index is -4.06. The fourth-order valence-electron chi connectivity index (χ4n) is 1.35. The molecule has 1 rings (SSSR count). The molecule has 1 aromatic rings. The van der Waals surface area contributed by atoms with Crippen LogP contribution < -0.4 is 10.5 Å². The fourth-order valence-corrected chi connectivity index (χ4v) is 3.66. The van der Waals surface area contributed by atoms with Crippen LogP contribution in [0.4, 0.5) is 10.1 Å². The summed E-state index contributed by atoms with van der Waals surface area (Å²) < 4.78 is 51.0. The summed E-state index contributed by atoms with van der Waals surface area (Å²) in [7, 11) is -5.07. The average molecular weight is 408 g/mol. The van der Waals surface area contributed by atoms with Crippen molar-refractivity contribution in [3.63, 3.8) is 0 Å². The summed E-state index contributed by atoms with van der Waals surface area (Å²) in [6, 6.07) is 0.984. The molecule has 3 N–H and O–H groups in total. The van der Waals surface area contributed by atoms with E-state index in [0.29, 0.717) is 12.2 Å². The van der Waals surface area contributed by atoms with Crippen LogP contribution in [-0.4, -0.2) is 31.2 Å². The van der Waals surface area contributed by atoms with Crippen LogP contribution in [0.15, 0.2) is 15.4 Å². The molecule has 1 aromatic carbocycles. The van der Waals surface area contributed by atoms with Crippen LogP contribution in [0.1, 0.15) is 6.42 Å². The van der Waals surface area contributed by atoms with Crippen LogP contribution in [0.3, 0.4) is 0 Å². The lowest BCUT2D eigenvalue weighted by atomic mass is 10.3. The summed E-state index contributed by atoms with van der Waals surface area (Å²) in [5, 5.41) is -0.000984. The van der Waals surface area contributed by atoms with E-state index >= 15 is 0 Å². The van der Waals surface area contributed by atoms with Gasteiger partial charge in [0.25, 0.3) is 0 Å². The number of hydrogen-bond donors (Lipinski definition) is 2. The SMILES string of the molecule is CS(=O)CCCNS(=O)(=O)c1cc(Cl)c(Br)c(N)c1F. The number of rotatable bonds is 6. The molecule has 0 aromatic heterocycles. The van der Waals surface area contributed by atoms with Crippen molar-refractivity contribution in [1.82, 2.24) is 4.72 Å². The maximum Gasteiger partial charge on any atom is 0.243 e. The Kier molecular flexibility index (Phi) is 6.39. The first-order chi connectivity index (χ1) is 9.16. The highest BCUT2D eigenvalue weighted by Crippen LogP contribution is 2.34. The van der Waals surface area contributed by atoms with Gasteiger partial charge in [-0.05, 0) is 28.4 Å². The third kappa shape index (κ3) is 4.39. The zero-order valence-electron chi connectivity index (χ0n) is 10.5. The van der Waals surface area contributed by atoms with Gasteiger partial charge in [-0.3, -0.25) is 4.21 Å². The van der Waals surface area contributed by atoms with Gasteiger partial charge >= 0.3 is 0 Å². The molecule has 0 heterocycles. The Morgan fingerprint density at radius 3 is 2.70 bits per heavy atom. The van der Waals surface area contributed by atoms with Gasteiger partial charge in [0, 0.05) is 29.4 Å². The van der Waals surface area contributed by atoms with E-state index in [0.717, 1.165) is 6.07 Å². The van der Waals surface area contributed by atoms with Crippen LogP contribution in [-0.2, 0) is 20.8 Å². The van der Waals surface area contributed by atoms with Gasteiger partial charge in [-0.1, -0.05) is 11.6 Å². The van der Waals surface area contributed by atoms with Crippen molar-refractivity contribution in [1.29, 1.82) is 0 Å². The standard InChI is InChI=1S/C10H13BrClFN2O3S2/c1-19(16)4-2-3-15-20(17,18)7-5-6(12)8(11)10(14)9(7)13/h5,15H,2-4,14H2,1H3. The van der Waals surface area contributed by atoms with Gasteiger partial charge < -0.3 is 5.73 Å². The van der Waals surface area contributed by atoms with Crippen molar-refractivity contribution >= 4 is 54.0 Å². The Balaban J connectivity index is 2.96. The van der Waals surface area contributed by atoms with Gasteiger partial charge in [-0.15, -0.1) is 0 Å². The summed E-state index contributed by atoms with van der Waals surface area (Å²) in [5.74, 6) is -0.707. The Bertz CT molecular complexity index is 640. The summed E-state index contributed by atoms with van der Waals surface area (Å²) in [6.07, 6.45) is 1.90. The van der Waals surface area contributed by atoms with E-state index in [1.165, 1.54) is 6.26 Å². The molecule has 0 aliphatic rings. The number of anilines is 1. The number of hydrogen-bond acceptors (Lipinski definition) is 4. The minimum absolute atomic E-state index is 0.000984. The van der Waals surface area contributed by atoms with Crippen LogP contribution in [0.5, 0.6) is 0 Å². The van der Waals surface area contributed by atoms with Crippen LogP contribution >= 0.6 is 27.5 Å². The number of nitrogen functional groups attached to an aromatic ring is 1. The monoisotopic (exact) mass is 406 g/mol. The van der Waals surface area contributed by atoms with Crippen molar-refractivity contribution in [2.24, 2.45) is 0 Å². The summed E-state index contributed by atoms with van der Waals surface area (Å²) in [6.45, 7) is 0.0505. The van der Waals surface area contributed by atoms with Gasteiger partial charge in [-0.25, -0.2) is 17.5 Å². The van der Waals surface area contributed by atoms with Crippen molar-refractivity contribution in [3.05, 3.63) is 21.4 Å². The van der Waals surface area contributed by atoms with Gasteiger partial charge in [0.15, 0.2) is 5.82 Å². The lowest BCUT2D eigenvalue weighted by Crippen LogP contribution is -2.27. The van der Waals surface area contributed by atoms with Crippen molar-refractivity contribution < 1.29 is 17.0 Å². The Hall–Kier alpha value is -0.220. The second-order valence-corrected chi connectivity index (χ2v) is 8.42. The second kappa shape index (κ2) is 7.17. The molecule has 114 valence electrons. The molecule has 0 aliphatic heterocycles. The first kappa shape index (κ1) is 17.8. The quantitative estimate of drug-likeness (QED) is 0.428. The number of nitrogens with two attached hydrogens (primary N) is 1. The highest BCUT2D eigenvalue weighted by molar-refractivity contribution is 9.10. The Morgan fingerprint density at radius 2 is 2.15 bits per heavy atom. The third-order valence-corrected chi connectivity index (χ3v) is 6.05. The van der Waals surface area contributed by atoms with Gasteiger partial charge in [0.1, 0.15) is 4.90 Å². The molecular formula is C10H13BrClFN2O3S2. The number of sulfonamides is 1. The predicted molar refractivity (Wildman–Crippen MR) is 82.3 cm³/mol. The van der Waals surface area contributed by atoms with Gasteiger partial charge in [-0.2, -0.15) is 0 Å². The fraction of sp³-hybridized carbons (Fsp3) is 0.400. The molecule has 1 atom stereocenters. The van der Waals surface area contributed by atoms with Crippen molar-refractivity contribution in [2.75, 3.05) is 24.3 Å². The van der Waals surface area contributed by atoms with E-state index in [9.17, 15) is 17.0 Å². The van der Waals surface area contributed by atoms with Gasteiger partial charge in [0.05, 0.1) is 15.2 Å². The summed E-state index contributed by atoms with van der Waals surface area (Å²) in [4.78, 5) is -0.610. The molecule has 20 heavy (non-hydrogen) atoms. The van der Waals surface area contributed by atoms with Gasteiger partial charge in [0.2, 0.25) is 10.0 Å². The lowest BCUT2D eigenvalue weighted by Gasteiger charge is -2.11. The molecule has 0 amide bonds. The smallest absolute Gasteiger partial charge is 0.243 e. The normalized spacial score (nSPS) is 13.4. The number of halogens is 3. The largest absolute Gasteiger partial charge is 0.395 e. The molecular weight excluding hydrogens is 395 g/mol. The van der Waals surface area contributed by atoms with E-state index in [1.807, 2.05) is 0 Å². The Morgan fingerprint density at radius 1 is 1.55 bits per heavy atom. The molecule has 0 saturated carbocycles. The molecule has 0 bridgehead atoms. The number of nitrogens with one attached hydrogen (secondary N) is 1. The second-order valence-electron chi connectivity index (χ2n) is 3.93. The minimum Gasteiger partial charge on any atom is -0.395 e. The average Bonchev–Trinajstić information content (AvgIpc) is 2.36. The molecule has 10 heteroatoms. The van der Waals surface area contributed by atoms with Crippen LogP contribution in [0, 0.1) is 5.82 Å². The third-order valence-electron chi connectivity index (χ3n) is 2.35. The lowest BCUT2D eigenvalue weighted by molar-refractivity contribution is 0.558. The molecule has 0 spiro atoms. The number of benzene rings is 1. The zero-order valence-corrected chi connectivity index (χ0v) is 14.4. The summed E-state index contributed by atoms with van der Waals surface area (Å²) in [5.41, 5.74) is 5.07. The summed E-state index contributed by atoms with van der Waals surface area (Å²) >= 11 is 8.74. The van der Waals surface area contributed by atoms with E-state index in [2.05, 4.69) is 20.7 Å². The van der Waals surface area contributed by atoms with E-state index in [-0.39, 0.29) is 21.7 Å². The topological polar surface area (TPSA) is 89.3 Å². The predicted octanol–water partition coefficient (Wildman–Crippen LogP) is 1.87. The Labute approximate surface area is 132 Å². The van der Waals surface area contributed by atoms with E-state index in [1.54, 1.807) is 0 Å². The van der Waals surface area contributed by atoms with Crippen LogP contribution in [0.2, 0.25) is 5.02 Å². The first-order valence-electron chi connectivity index (χ1n) is 5.39. The highest BCUT2D eigenvalue weighted by Gasteiger charge is 2.23. The molecule has 0 fully saturated rings. The molecule has 1 unspecified atom stereocenters. The molecule has 5 nitrogen and oxygen atoms in total. The van der Waals surface area contributed by atoms with Crippen molar-refractivity contribution in [2.45, 2.75) is 11.3 Å². The van der Waals surface area contributed by atoms with E-state index < -0.39 is 31.5 Å².